The molecule has 0 spiro atoms. The van der Waals surface area contributed by atoms with Crippen LogP contribution < -0.4 is 4.90 Å². The highest BCUT2D eigenvalue weighted by Gasteiger charge is 2.22. The number of hydrogen-bond acceptors (Lipinski definition) is 7. The van der Waals surface area contributed by atoms with Crippen molar-refractivity contribution in [2.24, 2.45) is 0 Å². The Balaban J connectivity index is 1.42. The number of aromatic nitrogens is 5. The zero-order valence-electron chi connectivity index (χ0n) is 15.8. The number of rotatable bonds is 4. The van der Waals surface area contributed by atoms with E-state index in [1.165, 1.54) is 5.56 Å². The lowest BCUT2D eigenvalue weighted by molar-refractivity contribution is 0.248. The highest BCUT2D eigenvalue weighted by Crippen LogP contribution is 2.19. The Kier molecular flexibility index (Phi) is 4.36. The van der Waals surface area contributed by atoms with Crippen molar-refractivity contribution >= 4 is 11.6 Å². The van der Waals surface area contributed by atoms with Gasteiger partial charge in [0.1, 0.15) is 0 Å². The molecule has 0 radical (unpaired) electrons. The first kappa shape index (κ1) is 17.0. The molecule has 8 heteroatoms. The molecule has 4 rings (SSSR count). The van der Waals surface area contributed by atoms with Gasteiger partial charge >= 0.3 is 0 Å². The Labute approximate surface area is 152 Å². The summed E-state index contributed by atoms with van der Waals surface area (Å²) in [6, 6.07) is 2.05. The van der Waals surface area contributed by atoms with Gasteiger partial charge in [-0.05, 0) is 25.1 Å². The van der Waals surface area contributed by atoms with E-state index < -0.39 is 0 Å². The molecular formula is C18H25N7O. The molecule has 138 valence electrons. The second-order valence-corrected chi connectivity index (χ2v) is 7.29. The predicted octanol–water partition coefficient (Wildman–Crippen LogP) is 2.17. The van der Waals surface area contributed by atoms with Crippen LogP contribution in [0.2, 0.25) is 0 Å². The Hall–Kier alpha value is -2.48. The molecule has 0 aliphatic carbocycles. The van der Waals surface area contributed by atoms with Gasteiger partial charge in [-0.25, -0.2) is 9.50 Å². The van der Waals surface area contributed by atoms with Crippen LogP contribution in [0.1, 0.15) is 42.6 Å². The molecule has 3 aromatic rings. The molecule has 1 fully saturated rings. The van der Waals surface area contributed by atoms with Crippen LogP contribution in [0.4, 0.5) is 5.95 Å². The van der Waals surface area contributed by atoms with Crippen LogP contribution in [-0.2, 0) is 6.54 Å². The second kappa shape index (κ2) is 6.68. The third kappa shape index (κ3) is 3.16. The van der Waals surface area contributed by atoms with Crippen LogP contribution in [0, 0.1) is 13.8 Å². The van der Waals surface area contributed by atoms with Gasteiger partial charge in [0.05, 0.1) is 6.20 Å². The minimum Gasteiger partial charge on any atom is -0.337 e. The van der Waals surface area contributed by atoms with E-state index in [0.717, 1.165) is 49.8 Å². The van der Waals surface area contributed by atoms with E-state index in [0.29, 0.717) is 11.8 Å². The Morgan fingerprint density at radius 2 is 1.88 bits per heavy atom. The van der Waals surface area contributed by atoms with E-state index in [2.05, 4.69) is 56.9 Å². The van der Waals surface area contributed by atoms with Crippen molar-refractivity contribution < 1.29 is 4.52 Å². The van der Waals surface area contributed by atoms with Crippen molar-refractivity contribution in [3.8, 4) is 0 Å². The summed E-state index contributed by atoms with van der Waals surface area (Å²) >= 11 is 0. The SMILES string of the molecule is Cc1cc(C)n2ncc(CN3CCN(c4noc(C(C)C)n4)CC3)c2n1. The second-order valence-electron chi connectivity index (χ2n) is 7.29. The van der Waals surface area contributed by atoms with E-state index in [1.807, 2.05) is 17.6 Å². The van der Waals surface area contributed by atoms with Crippen LogP contribution in [-0.4, -0.2) is 55.8 Å². The summed E-state index contributed by atoms with van der Waals surface area (Å²) in [6.45, 7) is 12.7. The number of fused-ring (bicyclic) bond motifs is 1. The average Bonchev–Trinajstić information content (AvgIpc) is 3.24. The van der Waals surface area contributed by atoms with Crippen LogP contribution in [0.3, 0.4) is 0 Å². The van der Waals surface area contributed by atoms with Crippen molar-refractivity contribution in [3.63, 3.8) is 0 Å². The fourth-order valence-electron chi connectivity index (χ4n) is 3.36. The summed E-state index contributed by atoms with van der Waals surface area (Å²) in [7, 11) is 0. The zero-order valence-corrected chi connectivity index (χ0v) is 15.8. The molecule has 0 saturated carbocycles. The van der Waals surface area contributed by atoms with Crippen LogP contribution in [0.25, 0.3) is 5.65 Å². The first-order chi connectivity index (χ1) is 12.5. The summed E-state index contributed by atoms with van der Waals surface area (Å²) in [5.74, 6) is 1.66. The van der Waals surface area contributed by atoms with Crippen LogP contribution in [0.5, 0.6) is 0 Å². The van der Waals surface area contributed by atoms with E-state index in [9.17, 15) is 0 Å². The van der Waals surface area contributed by atoms with Gasteiger partial charge in [0.15, 0.2) is 5.65 Å². The molecule has 0 atom stereocenters. The van der Waals surface area contributed by atoms with Gasteiger partial charge < -0.3 is 9.42 Å². The number of anilines is 1. The first-order valence-corrected chi connectivity index (χ1v) is 9.13. The monoisotopic (exact) mass is 355 g/mol. The molecule has 0 amide bonds. The van der Waals surface area contributed by atoms with E-state index >= 15 is 0 Å². The summed E-state index contributed by atoms with van der Waals surface area (Å²) < 4.78 is 7.25. The predicted molar refractivity (Wildman–Crippen MR) is 98.3 cm³/mol. The maximum Gasteiger partial charge on any atom is 0.266 e. The molecular weight excluding hydrogens is 330 g/mol. The lowest BCUT2D eigenvalue weighted by atomic mass is 10.2. The largest absolute Gasteiger partial charge is 0.337 e. The lowest BCUT2D eigenvalue weighted by Gasteiger charge is -2.33. The third-order valence-electron chi connectivity index (χ3n) is 4.82. The van der Waals surface area contributed by atoms with Gasteiger partial charge in [0.25, 0.3) is 5.95 Å². The van der Waals surface area contributed by atoms with E-state index in [-0.39, 0.29) is 5.92 Å². The molecule has 3 aromatic heterocycles. The number of aryl methyl sites for hydroxylation is 2. The van der Waals surface area contributed by atoms with Crippen molar-refractivity contribution in [1.82, 2.24) is 29.6 Å². The molecule has 1 aliphatic heterocycles. The summed E-state index contributed by atoms with van der Waals surface area (Å²) in [5, 5.41) is 8.61. The normalized spacial score (nSPS) is 16.1. The van der Waals surface area contributed by atoms with Crippen LogP contribution in [0.15, 0.2) is 16.8 Å². The molecule has 8 nitrogen and oxygen atoms in total. The van der Waals surface area contributed by atoms with Gasteiger partial charge in [-0.1, -0.05) is 13.8 Å². The number of nitrogens with zero attached hydrogens (tertiary/aromatic N) is 7. The minimum atomic E-state index is 0.257. The Bertz CT molecular complexity index is 906. The van der Waals surface area contributed by atoms with Gasteiger partial charge in [0.2, 0.25) is 5.89 Å². The maximum absolute atomic E-state index is 5.33. The minimum absolute atomic E-state index is 0.257. The fraction of sp³-hybridized carbons (Fsp3) is 0.556. The quantitative estimate of drug-likeness (QED) is 0.710. The third-order valence-corrected chi connectivity index (χ3v) is 4.82. The van der Waals surface area contributed by atoms with E-state index in [1.54, 1.807) is 0 Å². The van der Waals surface area contributed by atoms with Crippen LogP contribution >= 0.6 is 0 Å². The average molecular weight is 355 g/mol. The summed E-state index contributed by atoms with van der Waals surface area (Å²) in [4.78, 5) is 13.8. The molecule has 1 aliphatic rings. The Morgan fingerprint density at radius 3 is 2.58 bits per heavy atom. The Morgan fingerprint density at radius 1 is 1.12 bits per heavy atom. The van der Waals surface area contributed by atoms with Crippen molar-refractivity contribution in [2.75, 3.05) is 31.1 Å². The van der Waals surface area contributed by atoms with Crippen molar-refractivity contribution in [2.45, 2.75) is 40.2 Å². The van der Waals surface area contributed by atoms with Crippen molar-refractivity contribution in [1.29, 1.82) is 0 Å². The molecule has 0 bridgehead atoms. The smallest absolute Gasteiger partial charge is 0.266 e. The maximum atomic E-state index is 5.33. The number of piperazine rings is 1. The molecule has 4 heterocycles. The first-order valence-electron chi connectivity index (χ1n) is 9.13. The van der Waals surface area contributed by atoms with Crippen molar-refractivity contribution in [3.05, 3.63) is 35.1 Å². The topological polar surface area (TPSA) is 75.6 Å². The highest BCUT2D eigenvalue weighted by molar-refractivity contribution is 5.48. The molecule has 0 aromatic carbocycles. The summed E-state index contributed by atoms with van der Waals surface area (Å²) in [5.41, 5.74) is 4.28. The standard InChI is InChI=1S/C18H25N7O/c1-12(2)17-21-18(22-26-17)24-7-5-23(6-8-24)11-15-10-19-25-14(4)9-13(3)20-16(15)25/h9-10,12H,5-8,11H2,1-4H3. The number of hydrogen-bond donors (Lipinski definition) is 0. The fourth-order valence-corrected chi connectivity index (χ4v) is 3.36. The van der Waals surface area contributed by atoms with E-state index in [4.69, 9.17) is 4.52 Å². The molecule has 0 unspecified atom stereocenters. The van der Waals surface area contributed by atoms with Gasteiger partial charge in [0, 0.05) is 55.6 Å². The van der Waals surface area contributed by atoms with Gasteiger partial charge in [-0.15, -0.1) is 0 Å². The summed E-state index contributed by atoms with van der Waals surface area (Å²) in [6.07, 6.45) is 1.94. The molecule has 0 N–H and O–H groups in total. The molecule has 1 saturated heterocycles. The lowest BCUT2D eigenvalue weighted by Crippen LogP contribution is -2.46. The van der Waals surface area contributed by atoms with Gasteiger partial charge in [-0.3, -0.25) is 4.90 Å². The molecule has 26 heavy (non-hydrogen) atoms. The zero-order chi connectivity index (χ0) is 18.3. The van der Waals surface area contributed by atoms with Gasteiger partial charge in [-0.2, -0.15) is 10.1 Å². The highest BCUT2D eigenvalue weighted by atomic mass is 16.5.